The van der Waals surface area contributed by atoms with Crippen molar-refractivity contribution < 1.29 is 14.7 Å². The number of nitrogens with zero attached hydrogens (tertiary/aromatic N) is 1. The number of rotatable bonds is 6. The van der Waals surface area contributed by atoms with Gasteiger partial charge in [0.1, 0.15) is 0 Å². The van der Waals surface area contributed by atoms with E-state index in [4.69, 9.17) is 5.11 Å². The molecule has 6 nitrogen and oxygen atoms in total. The van der Waals surface area contributed by atoms with Crippen LogP contribution in [0.3, 0.4) is 0 Å². The number of nitrogens with one attached hydrogen (secondary N) is 2. The predicted molar refractivity (Wildman–Crippen MR) is 63.3 cm³/mol. The molecule has 0 unspecified atom stereocenters. The van der Waals surface area contributed by atoms with Gasteiger partial charge >= 0.3 is 5.97 Å². The van der Waals surface area contributed by atoms with Gasteiger partial charge in [-0.3, -0.25) is 4.79 Å². The number of carboxylic acids is 1. The van der Waals surface area contributed by atoms with Crippen molar-refractivity contribution in [2.45, 2.75) is 12.8 Å². The summed E-state index contributed by atoms with van der Waals surface area (Å²) in [5.41, 5.74) is 0.0412. The second-order valence-electron chi connectivity index (χ2n) is 3.84. The minimum Gasteiger partial charge on any atom is -0.476 e. The highest BCUT2D eigenvalue weighted by Gasteiger charge is 2.28. The average Bonchev–Trinajstić information content (AvgIpc) is 3.03. The Morgan fingerprint density at radius 3 is 2.82 bits per heavy atom. The fraction of sp³-hybridized carbons (Fsp3) is 0.500. The highest BCUT2D eigenvalue weighted by molar-refractivity contribution is 7.13. The highest BCUT2D eigenvalue weighted by atomic mass is 32.1. The zero-order chi connectivity index (χ0) is 12.3. The van der Waals surface area contributed by atoms with E-state index >= 15 is 0 Å². The van der Waals surface area contributed by atoms with E-state index in [1.54, 1.807) is 0 Å². The van der Waals surface area contributed by atoms with Crippen LogP contribution in [0.4, 0.5) is 5.13 Å². The Bertz CT molecular complexity index is 428. The summed E-state index contributed by atoms with van der Waals surface area (Å²) in [6.07, 6.45) is 1.99. The standard InChI is InChI=1S/C10H13N3O3S/c14-8(6-1-2-6)11-3-4-12-10-13-7(5-17-10)9(15)16/h5-6H,1-4H2,(H,11,14)(H,12,13)(H,15,16). The molecule has 1 aromatic heterocycles. The van der Waals surface area contributed by atoms with Gasteiger partial charge in [-0.25, -0.2) is 9.78 Å². The van der Waals surface area contributed by atoms with Crippen molar-refractivity contribution >= 4 is 28.3 Å². The summed E-state index contributed by atoms with van der Waals surface area (Å²) < 4.78 is 0. The lowest BCUT2D eigenvalue weighted by molar-refractivity contribution is -0.122. The van der Waals surface area contributed by atoms with Gasteiger partial charge in [0.05, 0.1) is 0 Å². The van der Waals surface area contributed by atoms with Gasteiger partial charge < -0.3 is 15.7 Å². The van der Waals surface area contributed by atoms with Gasteiger partial charge in [-0.2, -0.15) is 0 Å². The molecule has 7 heteroatoms. The Kier molecular flexibility index (Phi) is 3.58. The SMILES string of the molecule is O=C(O)c1csc(NCCNC(=O)C2CC2)n1. The zero-order valence-electron chi connectivity index (χ0n) is 9.10. The van der Waals surface area contributed by atoms with Gasteiger partial charge in [0, 0.05) is 24.4 Å². The van der Waals surface area contributed by atoms with E-state index in [0.717, 1.165) is 12.8 Å². The van der Waals surface area contributed by atoms with Crippen molar-refractivity contribution in [3.8, 4) is 0 Å². The van der Waals surface area contributed by atoms with Crippen molar-refractivity contribution in [1.29, 1.82) is 0 Å². The van der Waals surface area contributed by atoms with Crippen molar-refractivity contribution in [3.05, 3.63) is 11.1 Å². The number of carbonyl (C=O) groups excluding carboxylic acids is 1. The number of carboxylic acid groups (broad SMARTS) is 1. The van der Waals surface area contributed by atoms with Gasteiger partial charge in [0.2, 0.25) is 5.91 Å². The van der Waals surface area contributed by atoms with Crippen LogP contribution in [0.15, 0.2) is 5.38 Å². The summed E-state index contributed by atoms with van der Waals surface area (Å²) in [5, 5.41) is 16.5. The first-order chi connectivity index (χ1) is 8.16. The van der Waals surface area contributed by atoms with Crippen molar-refractivity contribution in [2.24, 2.45) is 5.92 Å². The number of hydrogen-bond acceptors (Lipinski definition) is 5. The minimum absolute atomic E-state index is 0.0412. The molecule has 0 atom stereocenters. The quantitative estimate of drug-likeness (QED) is 0.653. The maximum absolute atomic E-state index is 11.3. The number of amides is 1. The average molecular weight is 255 g/mol. The Balaban J connectivity index is 1.66. The van der Waals surface area contributed by atoms with Crippen LogP contribution in [0.25, 0.3) is 0 Å². The summed E-state index contributed by atoms with van der Waals surface area (Å²) in [7, 11) is 0. The van der Waals surface area contributed by atoms with Gasteiger partial charge in [-0.05, 0) is 12.8 Å². The van der Waals surface area contributed by atoms with Crippen LogP contribution in [-0.2, 0) is 4.79 Å². The smallest absolute Gasteiger partial charge is 0.355 e. The maximum Gasteiger partial charge on any atom is 0.355 e. The van der Waals surface area contributed by atoms with E-state index in [9.17, 15) is 9.59 Å². The van der Waals surface area contributed by atoms with Crippen LogP contribution in [0.1, 0.15) is 23.3 Å². The third-order valence-electron chi connectivity index (χ3n) is 2.37. The molecule has 0 aromatic carbocycles. The Hall–Kier alpha value is -1.63. The Labute approximate surface area is 102 Å². The summed E-state index contributed by atoms with van der Waals surface area (Å²) >= 11 is 1.24. The van der Waals surface area contributed by atoms with E-state index in [-0.39, 0.29) is 17.5 Å². The molecule has 1 amide bonds. The second kappa shape index (κ2) is 5.13. The van der Waals surface area contributed by atoms with Crippen LogP contribution in [0.5, 0.6) is 0 Å². The summed E-state index contributed by atoms with van der Waals surface area (Å²) in [4.78, 5) is 25.7. The lowest BCUT2D eigenvalue weighted by Crippen LogP contribution is -2.29. The fourth-order valence-corrected chi connectivity index (χ4v) is 2.01. The molecule has 1 fully saturated rings. The second-order valence-corrected chi connectivity index (χ2v) is 4.69. The fourth-order valence-electron chi connectivity index (χ4n) is 1.30. The number of aromatic carboxylic acids is 1. The number of aromatic nitrogens is 1. The topological polar surface area (TPSA) is 91.3 Å². The van der Waals surface area contributed by atoms with E-state index in [0.29, 0.717) is 18.2 Å². The Morgan fingerprint density at radius 1 is 1.47 bits per heavy atom. The van der Waals surface area contributed by atoms with E-state index in [1.165, 1.54) is 16.7 Å². The first-order valence-corrected chi connectivity index (χ1v) is 6.25. The van der Waals surface area contributed by atoms with Gasteiger partial charge in [0.15, 0.2) is 10.8 Å². The molecule has 0 aliphatic heterocycles. The third-order valence-corrected chi connectivity index (χ3v) is 3.17. The van der Waals surface area contributed by atoms with Crippen LogP contribution in [0, 0.1) is 5.92 Å². The van der Waals surface area contributed by atoms with Crippen molar-refractivity contribution in [3.63, 3.8) is 0 Å². The van der Waals surface area contributed by atoms with Gasteiger partial charge in [-0.1, -0.05) is 0 Å². The lowest BCUT2D eigenvalue weighted by Gasteiger charge is -2.04. The molecule has 0 saturated heterocycles. The van der Waals surface area contributed by atoms with Crippen molar-refractivity contribution in [2.75, 3.05) is 18.4 Å². The lowest BCUT2D eigenvalue weighted by atomic mass is 10.4. The summed E-state index contributed by atoms with van der Waals surface area (Å²) in [5.74, 6) is -0.707. The normalized spacial score (nSPS) is 14.4. The van der Waals surface area contributed by atoms with Crippen LogP contribution < -0.4 is 10.6 Å². The van der Waals surface area contributed by atoms with E-state index < -0.39 is 5.97 Å². The molecule has 1 aliphatic rings. The molecule has 0 bridgehead atoms. The zero-order valence-corrected chi connectivity index (χ0v) is 9.92. The molecule has 2 rings (SSSR count). The summed E-state index contributed by atoms with van der Waals surface area (Å²) in [6, 6.07) is 0. The molecule has 1 heterocycles. The molecule has 17 heavy (non-hydrogen) atoms. The number of carbonyl (C=O) groups is 2. The number of anilines is 1. The molecule has 1 aliphatic carbocycles. The largest absolute Gasteiger partial charge is 0.476 e. The molecule has 0 spiro atoms. The first kappa shape index (κ1) is 11.8. The van der Waals surface area contributed by atoms with Crippen molar-refractivity contribution in [1.82, 2.24) is 10.3 Å². The van der Waals surface area contributed by atoms with Crippen LogP contribution in [0.2, 0.25) is 0 Å². The summed E-state index contributed by atoms with van der Waals surface area (Å²) in [6.45, 7) is 1.07. The Morgan fingerprint density at radius 2 is 2.24 bits per heavy atom. The molecule has 1 saturated carbocycles. The first-order valence-electron chi connectivity index (χ1n) is 5.37. The molecule has 0 radical (unpaired) electrons. The molecular formula is C10H13N3O3S. The van der Waals surface area contributed by atoms with E-state index in [1.807, 2.05) is 0 Å². The maximum atomic E-state index is 11.3. The van der Waals surface area contributed by atoms with Crippen LogP contribution in [-0.4, -0.2) is 35.1 Å². The molecular weight excluding hydrogens is 242 g/mol. The van der Waals surface area contributed by atoms with Crippen LogP contribution >= 0.6 is 11.3 Å². The highest BCUT2D eigenvalue weighted by Crippen LogP contribution is 2.28. The monoisotopic (exact) mass is 255 g/mol. The number of thiazole rings is 1. The molecule has 1 aromatic rings. The van der Waals surface area contributed by atoms with Gasteiger partial charge in [-0.15, -0.1) is 11.3 Å². The van der Waals surface area contributed by atoms with E-state index in [2.05, 4.69) is 15.6 Å². The minimum atomic E-state index is -1.03. The predicted octanol–water partition coefficient (Wildman–Crippen LogP) is 0.779. The molecule has 92 valence electrons. The molecule has 3 N–H and O–H groups in total. The third kappa shape index (κ3) is 3.42. The van der Waals surface area contributed by atoms with Gasteiger partial charge in [0.25, 0.3) is 0 Å². The number of hydrogen-bond donors (Lipinski definition) is 3.